The lowest BCUT2D eigenvalue weighted by atomic mass is 10.2. The summed E-state index contributed by atoms with van der Waals surface area (Å²) in [5.74, 6) is 0.863. The van der Waals surface area contributed by atoms with E-state index in [2.05, 4.69) is 24.2 Å². The van der Waals surface area contributed by atoms with Crippen molar-refractivity contribution in [2.24, 2.45) is 7.05 Å². The lowest BCUT2D eigenvalue weighted by Crippen LogP contribution is -2.26. The molecule has 0 aliphatic heterocycles. The Bertz CT molecular complexity index is 957. The van der Waals surface area contributed by atoms with Crippen LogP contribution in [0.3, 0.4) is 0 Å². The molecular formula is C22H27N3O2S. The third kappa shape index (κ3) is 4.44. The minimum Gasteiger partial charge on any atom is -0.489 e. The first-order valence-electron chi connectivity index (χ1n) is 9.42. The van der Waals surface area contributed by atoms with Crippen LogP contribution >= 0.6 is 11.3 Å². The number of rotatable bonds is 7. The number of nitrogens with zero attached hydrogens (tertiary/aromatic N) is 3. The first-order valence-corrected chi connectivity index (χ1v) is 10.3. The second-order valence-corrected chi connectivity index (χ2v) is 7.95. The highest BCUT2D eigenvalue weighted by Gasteiger charge is 2.18. The molecule has 3 aromatic rings. The summed E-state index contributed by atoms with van der Waals surface area (Å²) in [6.45, 7) is 7.15. The average molecular weight is 398 g/mol. The highest BCUT2D eigenvalue weighted by atomic mass is 32.1. The zero-order valence-electron chi connectivity index (χ0n) is 17.2. The van der Waals surface area contributed by atoms with Crippen LogP contribution in [0.4, 0.5) is 0 Å². The van der Waals surface area contributed by atoms with Crippen LogP contribution in [0.1, 0.15) is 44.7 Å². The molecule has 5 nitrogen and oxygen atoms in total. The van der Waals surface area contributed by atoms with E-state index in [1.165, 1.54) is 16.9 Å². The Labute approximate surface area is 170 Å². The quantitative estimate of drug-likeness (QED) is 0.589. The summed E-state index contributed by atoms with van der Waals surface area (Å²) >= 11 is 1.46. The Kier molecular flexibility index (Phi) is 6.19. The molecule has 0 bridgehead atoms. The number of benzene rings is 1. The molecule has 0 spiro atoms. The number of amides is 1. The molecule has 6 heteroatoms. The number of ether oxygens (including phenoxy) is 1. The number of aromatic nitrogens is 2. The first-order chi connectivity index (χ1) is 13.4. The summed E-state index contributed by atoms with van der Waals surface area (Å²) < 4.78 is 7.70. The first kappa shape index (κ1) is 20.1. The van der Waals surface area contributed by atoms with Crippen LogP contribution in [0.2, 0.25) is 0 Å². The molecule has 148 valence electrons. The van der Waals surface area contributed by atoms with Gasteiger partial charge < -0.3 is 9.64 Å². The lowest BCUT2D eigenvalue weighted by Gasteiger charge is -2.16. The van der Waals surface area contributed by atoms with Gasteiger partial charge in [0.25, 0.3) is 5.91 Å². The predicted molar refractivity (Wildman–Crippen MR) is 113 cm³/mol. The molecule has 28 heavy (non-hydrogen) atoms. The molecule has 2 heterocycles. The summed E-state index contributed by atoms with van der Waals surface area (Å²) in [5, 5.41) is 6.42. The van der Waals surface area contributed by atoms with Gasteiger partial charge in [0.1, 0.15) is 12.4 Å². The van der Waals surface area contributed by atoms with E-state index >= 15 is 0 Å². The predicted octanol–water partition coefficient (Wildman–Crippen LogP) is 4.51. The smallest absolute Gasteiger partial charge is 0.263 e. The molecule has 0 saturated carbocycles. The molecule has 0 radical (unpaired) electrons. The van der Waals surface area contributed by atoms with Crippen LogP contribution in [0.5, 0.6) is 5.75 Å². The van der Waals surface area contributed by atoms with E-state index in [-0.39, 0.29) is 5.91 Å². The SMILES string of the molecule is CCc1ccc(OCc2csc(C(=O)N(C)Cc3c(C)nn(C)c3C)c2)cc1. The second-order valence-electron chi connectivity index (χ2n) is 7.04. The Morgan fingerprint density at radius 1 is 1.21 bits per heavy atom. The molecule has 0 N–H and O–H groups in total. The molecule has 0 atom stereocenters. The van der Waals surface area contributed by atoms with Crippen LogP contribution in [0, 0.1) is 13.8 Å². The molecule has 0 saturated heterocycles. The monoisotopic (exact) mass is 397 g/mol. The highest BCUT2D eigenvalue weighted by Crippen LogP contribution is 2.21. The third-order valence-electron chi connectivity index (χ3n) is 5.00. The van der Waals surface area contributed by atoms with Gasteiger partial charge in [-0.05, 0) is 49.4 Å². The Balaban J connectivity index is 1.61. The maximum Gasteiger partial charge on any atom is 0.263 e. The van der Waals surface area contributed by atoms with E-state index in [0.717, 1.165) is 39.6 Å². The molecule has 2 aromatic heterocycles. The fraction of sp³-hybridized carbons (Fsp3) is 0.364. The molecule has 3 rings (SSSR count). The zero-order valence-corrected chi connectivity index (χ0v) is 18.0. The largest absolute Gasteiger partial charge is 0.489 e. The lowest BCUT2D eigenvalue weighted by molar-refractivity contribution is 0.0789. The average Bonchev–Trinajstić information content (AvgIpc) is 3.26. The molecule has 0 aliphatic rings. The number of carbonyl (C=O) groups is 1. The van der Waals surface area contributed by atoms with Gasteiger partial charge in [0.15, 0.2) is 0 Å². The normalized spacial score (nSPS) is 10.9. The van der Waals surface area contributed by atoms with Gasteiger partial charge in [-0.15, -0.1) is 11.3 Å². The molecule has 0 unspecified atom stereocenters. The minimum atomic E-state index is 0.0196. The van der Waals surface area contributed by atoms with Gasteiger partial charge in [0.2, 0.25) is 0 Å². The topological polar surface area (TPSA) is 47.4 Å². The molecule has 0 fully saturated rings. The fourth-order valence-electron chi connectivity index (χ4n) is 3.09. The third-order valence-corrected chi connectivity index (χ3v) is 5.97. The van der Waals surface area contributed by atoms with Crippen molar-refractivity contribution in [3.63, 3.8) is 0 Å². The van der Waals surface area contributed by atoms with Crippen molar-refractivity contribution in [1.82, 2.24) is 14.7 Å². The summed E-state index contributed by atoms with van der Waals surface area (Å²) in [6.07, 6.45) is 1.02. The van der Waals surface area contributed by atoms with E-state index in [4.69, 9.17) is 4.74 Å². The minimum absolute atomic E-state index is 0.0196. The van der Waals surface area contributed by atoms with Crippen molar-refractivity contribution in [3.05, 3.63) is 68.7 Å². The number of hydrogen-bond acceptors (Lipinski definition) is 4. The van der Waals surface area contributed by atoms with Crippen molar-refractivity contribution in [3.8, 4) is 5.75 Å². The highest BCUT2D eigenvalue weighted by molar-refractivity contribution is 7.12. The van der Waals surface area contributed by atoms with Gasteiger partial charge in [-0.3, -0.25) is 9.48 Å². The van der Waals surface area contributed by atoms with Crippen LogP contribution < -0.4 is 4.74 Å². The van der Waals surface area contributed by atoms with Crippen molar-refractivity contribution in [2.75, 3.05) is 7.05 Å². The van der Waals surface area contributed by atoms with Gasteiger partial charge in [-0.1, -0.05) is 19.1 Å². The van der Waals surface area contributed by atoms with Crippen molar-refractivity contribution in [1.29, 1.82) is 0 Å². The maximum atomic E-state index is 12.8. The summed E-state index contributed by atoms with van der Waals surface area (Å²) in [6, 6.07) is 10.1. The van der Waals surface area contributed by atoms with Crippen LogP contribution in [0.15, 0.2) is 35.7 Å². The summed E-state index contributed by atoms with van der Waals surface area (Å²) in [4.78, 5) is 15.3. The standard InChI is InChI=1S/C22H27N3O2S/c1-6-17-7-9-19(10-8-17)27-13-18-11-21(28-14-18)22(26)24(4)12-20-15(2)23-25(5)16(20)3/h7-11,14H,6,12-13H2,1-5H3. The van der Waals surface area contributed by atoms with Gasteiger partial charge in [-0.2, -0.15) is 5.10 Å². The summed E-state index contributed by atoms with van der Waals surface area (Å²) in [5.41, 5.74) is 5.46. The Morgan fingerprint density at radius 2 is 1.93 bits per heavy atom. The van der Waals surface area contributed by atoms with Crippen molar-refractivity contribution >= 4 is 17.2 Å². The number of hydrogen-bond donors (Lipinski definition) is 0. The van der Waals surface area contributed by atoms with E-state index in [9.17, 15) is 4.79 Å². The van der Waals surface area contributed by atoms with Crippen LogP contribution in [0.25, 0.3) is 0 Å². The fourth-order valence-corrected chi connectivity index (χ4v) is 3.99. The maximum absolute atomic E-state index is 12.8. The van der Waals surface area contributed by atoms with Crippen molar-refractivity contribution < 1.29 is 9.53 Å². The molecule has 1 amide bonds. The van der Waals surface area contributed by atoms with E-state index < -0.39 is 0 Å². The van der Waals surface area contributed by atoms with E-state index in [0.29, 0.717) is 13.2 Å². The second kappa shape index (κ2) is 8.61. The van der Waals surface area contributed by atoms with Crippen molar-refractivity contribution in [2.45, 2.75) is 40.3 Å². The van der Waals surface area contributed by atoms with Crippen LogP contribution in [-0.2, 0) is 26.6 Å². The Hall–Kier alpha value is -2.60. The van der Waals surface area contributed by atoms with E-state index in [1.54, 1.807) is 4.90 Å². The number of aryl methyl sites for hydroxylation is 3. The van der Waals surface area contributed by atoms with Gasteiger partial charge >= 0.3 is 0 Å². The molecule has 1 aromatic carbocycles. The summed E-state index contributed by atoms with van der Waals surface area (Å²) in [7, 11) is 3.76. The Morgan fingerprint density at radius 3 is 2.54 bits per heavy atom. The van der Waals surface area contributed by atoms with Gasteiger partial charge in [0, 0.05) is 37.5 Å². The molecular weight excluding hydrogens is 370 g/mol. The van der Waals surface area contributed by atoms with Gasteiger partial charge in [-0.25, -0.2) is 0 Å². The van der Waals surface area contributed by atoms with Gasteiger partial charge in [0.05, 0.1) is 10.6 Å². The zero-order chi connectivity index (χ0) is 20.3. The number of carbonyl (C=O) groups excluding carboxylic acids is 1. The molecule has 0 aliphatic carbocycles. The number of thiophene rings is 1. The van der Waals surface area contributed by atoms with E-state index in [1.807, 2.05) is 56.2 Å². The van der Waals surface area contributed by atoms with Crippen LogP contribution in [-0.4, -0.2) is 27.6 Å².